The van der Waals surface area contributed by atoms with E-state index in [0.29, 0.717) is 0 Å². The van der Waals surface area contributed by atoms with Gasteiger partial charge in [0, 0.05) is 56.8 Å². The standard InChI is InChI=1S/C43H31N3O/c1-3-11-30(12-4-1)45(31-13-5-2-6-14-31)32-19-21-33(22-20-32)46(34-25-27-44-28-26-34)35-23-24-38-40(29-35)36-15-7-8-16-37(36)42-39-17-9-10-18-41(39)47-43(38)42/h1-27,29,44H,28H2. The second-order valence-corrected chi connectivity index (χ2v) is 11.8. The fourth-order valence-electron chi connectivity index (χ4n) is 6.94. The maximum Gasteiger partial charge on any atom is 0.143 e. The van der Waals surface area contributed by atoms with Gasteiger partial charge in [-0.25, -0.2) is 0 Å². The van der Waals surface area contributed by atoms with Gasteiger partial charge in [0.1, 0.15) is 11.2 Å². The molecule has 0 atom stereocenters. The lowest BCUT2D eigenvalue weighted by Crippen LogP contribution is -2.20. The first kappa shape index (κ1) is 27.1. The predicted octanol–water partition coefficient (Wildman–Crippen LogP) is 11.5. The van der Waals surface area contributed by atoms with Gasteiger partial charge in [0.05, 0.1) is 0 Å². The van der Waals surface area contributed by atoms with Gasteiger partial charge in [-0.3, -0.25) is 0 Å². The maximum atomic E-state index is 6.53. The van der Waals surface area contributed by atoms with Crippen LogP contribution in [0.3, 0.4) is 0 Å². The van der Waals surface area contributed by atoms with Crippen LogP contribution in [0.1, 0.15) is 0 Å². The number of furan rings is 1. The minimum atomic E-state index is 0.770. The van der Waals surface area contributed by atoms with Gasteiger partial charge in [0.25, 0.3) is 0 Å². The van der Waals surface area contributed by atoms with Gasteiger partial charge in [0.2, 0.25) is 0 Å². The van der Waals surface area contributed by atoms with E-state index in [1.54, 1.807) is 0 Å². The molecule has 4 heteroatoms. The van der Waals surface area contributed by atoms with E-state index >= 15 is 0 Å². The van der Waals surface area contributed by atoms with Crippen molar-refractivity contribution in [2.24, 2.45) is 0 Å². The van der Waals surface area contributed by atoms with Crippen LogP contribution in [0.15, 0.2) is 180 Å². The molecule has 1 aliphatic rings. The first-order chi connectivity index (χ1) is 23.3. The Labute approximate surface area is 273 Å². The third-order valence-corrected chi connectivity index (χ3v) is 9.04. The Morgan fingerprint density at radius 1 is 0.468 bits per heavy atom. The van der Waals surface area contributed by atoms with E-state index in [1.165, 1.54) is 21.5 Å². The molecule has 0 spiro atoms. The van der Waals surface area contributed by atoms with E-state index in [9.17, 15) is 0 Å². The molecule has 1 aromatic heterocycles. The van der Waals surface area contributed by atoms with E-state index < -0.39 is 0 Å². The molecule has 2 heterocycles. The number of hydrogen-bond donors (Lipinski definition) is 1. The van der Waals surface area contributed by atoms with Crippen molar-refractivity contribution in [1.82, 2.24) is 5.32 Å². The highest BCUT2D eigenvalue weighted by atomic mass is 16.3. The zero-order valence-electron chi connectivity index (χ0n) is 25.7. The molecule has 1 aliphatic heterocycles. The van der Waals surface area contributed by atoms with Crippen molar-refractivity contribution in [1.29, 1.82) is 0 Å². The summed E-state index contributed by atoms with van der Waals surface area (Å²) in [5.41, 5.74) is 8.47. The molecular weight excluding hydrogens is 574 g/mol. The van der Waals surface area contributed by atoms with Gasteiger partial charge in [-0.1, -0.05) is 78.9 Å². The van der Waals surface area contributed by atoms with Crippen LogP contribution in [-0.2, 0) is 0 Å². The molecule has 224 valence electrons. The summed E-state index contributed by atoms with van der Waals surface area (Å²) in [7, 11) is 0. The molecule has 0 aliphatic carbocycles. The first-order valence-corrected chi connectivity index (χ1v) is 16.0. The number of para-hydroxylation sites is 3. The Morgan fingerprint density at radius 3 is 1.72 bits per heavy atom. The van der Waals surface area contributed by atoms with Crippen LogP contribution in [0.2, 0.25) is 0 Å². The van der Waals surface area contributed by atoms with Crippen LogP contribution >= 0.6 is 0 Å². The van der Waals surface area contributed by atoms with Crippen LogP contribution in [0, 0.1) is 0 Å². The van der Waals surface area contributed by atoms with Gasteiger partial charge >= 0.3 is 0 Å². The third-order valence-electron chi connectivity index (χ3n) is 9.04. The Hall–Kier alpha value is -6.26. The van der Waals surface area contributed by atoms with Crippen molar-refractivity contribution < 1.29 is 4.42 Å². The van der Waals surface area contributed by atoms with Crippen molar-refractivity contribution in [3.8, 4) is 0 Å². The fraction of sp³-hybridized carbons (Fsp3) is 0.0233. The number of nitrogens with zero attached hydrogens (tertiary/aromatic N) is 2. The summed E-state index contributed by atoms with van der Waals surface area (Å²) in [4.78, 5) is 4.63. The lowest BCUT2D eigenvalue weighted by atomic mass is 9.96. The summed E-state index contributed by atoms with van der Waals surface area (Å²) in [6.07, 6.45) is 6.40. The highest BCUT2D eigenvalue weighted by Crippen LogP contribution is 2.43. The molecule has 0 bridgehead atoms. The minimum Gasteiger partial charge on any atom is -0.455 e. The number of nitrogens with one attached hydrogen (secondary N) is 1. The lowest BCUT2D eigenvalue weighted by molar-refractivity contribution is 0.673. The largest absolute Gasteiger partial charge is 0.455 e. The molecule has 0 saturated carbocycles. The average Bonchev–Trinajstić information content (AvgIpc) is 3.54. The van der Waals surface area contributed by atoms with E-state index in [2.05, 4.69) is 173 Å². The van der Waals surface area contributed by atoms with Crippen molar-refractivity contribution in [3.05, 3.63) is 176 Å². The number of anilines is 5. The zero-order valence-corrected chi connectivity index (χ0v) is 25.7. The second kappa shape index (κ2) is 11.3. The van der Waals surface area contributed by atoms with Crippen LogP contribution < -0.4 is 15.1 Å². The summed E-state index contributed by atoms with van der Waals surface area (Å²) in [6.45, 7) is 0.770. The van der Waals surface area contributed by atoms with Crippen LogP contribution in [0.4, 0.5) is 28.4 Å². The van der Waals surface area contributed by atoms with Gasteiger partial charge in [-0.15, -0.1) is 0 Å². The average molecular weight is 606 g/mol. The number of hydrogen-bond acceptors (Lipinski definition) is 4. The quantitative estimate of drug-likeness (QED) is 0.191. The normalized spacial score (nSPS) is 12.8. The molecule has 0 radical (unpaired) electrons. The predicted molar refractivity (Wildman–Crippen MR) is 197 cm³/mol. The highest BCUT2D eigenvalue weighted by Gasteiger charge is 2.20. The third kappa shape index (κ3) is 4.62. The van der Waals surface area contributed by atoms with Crippen LogP contribution in [-0.4, -0.2) is 6.54 Å². The molecule has 47 heavy (non-hydrogen) atoms. The van der Waals surface area contributed by atoms with E-state index in [0.717, 1.165) is 62.6 Å². The Morgan fingerprint density at radius 2 is 1.04 bits per heavy atom. The Bertz CT molecular complexity index is 2420. The molecule has 1 N–H and O–H groups in total. The van der Waals surface area contributed by atoms with E-state index in [-0.39, 0.29) is 0 Å². The molecule has 4 nitrogen and oxygen atoms in total. The minimum absolute atomic E-state index is 0.770. The van der Waals surface area contributed by atoms with Crippen LogP contribution in [0.5, 0.6) is 0 Å². The van der Waals surface area contributed by atoms with Gasteiger partial charge in [-0.05, 0) is 107 Å². The number of dihydropyridines is 1. The van der Waals surface area contributed by atoms with Crippen molar-refractivity contribution >= 4 is 71.9 Å². The van der Waals surface area contributed by atoms with Crippen molar-refractivity contribution in [2.75, 3.05) is 16.3 Å². The Kier molecular flexibility index (Phi) is 6.50. The van der Waals surface area contributed by atoms with Gasteiger partial charge in [-0.2, -0.15) is 0 Å². The summed E-state index contributed by atoms with van der Waals surface area (Å²) in [5, 5.41) is 10.3. The monoisotopic (exact) mass is 605 g/mol. The number of benzene rings is 7. The molecule has 9 rings (SSSR count). The summed E-state index contributed by atoms with van der Waals surface area (Å²) in [6, 6.07) is 53.7. The van der Waals surface area contributed by atoms with E-state index in [1.807, 2.05) is 12.3 Å². The summed E-state index contributed by atoms with van der Waals surface area (Å²) in [5.74, 6) is 0. The molecule has 7 aromatic carbocycles. The Balaban J connectivity index is 1.21. The van der Waals surface area contributed by atoms with Gasteiger partial charge < -0.3 is 19.5 Å². The lowest BCUT2D eigenvalue weighted by Gasteiger charge is -2.30. The summed E-state index contributed by atoms with van der Waals surface area (Å²) < 4.78 is 6.53. The highest BCUT2D eigenvalue weighted by molar-refractivity contribution is 6.30. The van der Waals surface area contributed by atoms with Crippen molar-refractivity contribution in [3.63, 3.8) is 0 Å². The zero-order chi connectivity index (χ0) is 31.2. The smallest absolute Gasteiger partial charge is 0.143 e. The molecular formula is C43H31N3O. The van der Waals surface area contributed by atoms with Gasteiger partial charge in [0.15, 0.2) is 0 Å². The first-order valence-electron chi connectivity index (χ1n) is 16.0. The fourth-order valence-corrected chi connectivity index (χ4v) is 6.94. The number of rotatable bonds is 6. The molecule has 0 amide bonds. The van der Waals surface area contributed by atoms with Crippen molar-refractivity contribution in [2.45, 2.75) is 0 Å². The molecule has 8 aromatic rings. The number of fused-ring (bicyclic) bond motifs is 8. The SMILES string of the molecule is C1=CC(N(c2ccc(N(c3ccccc3)c3ccccc3)cc2)c2ccc3c(c2)c2ccccc2c2c4ccccc4oc32)=CCN1. The second-order valence-electron chi connectivity index (χ2n) is 11.8. The maximum absolute atomic E-state index is 6.53. The summed E-state index contributed by atoms with van der Waals surface area (Å²) >= 11 is 0. The van der Waals surface area contributed by atoms with Crippen LogP contribution in [0.25, 0.3) is 43.5 Å². The topological polar surface area (TPSA) is 31.6 Å². The van der Waals surface area contributed by atoms with E-state index in [4.69, 9.17) is 4.42 Å². The molecule has 0 saturated heterocycles. The number of allylic oxidation sites excluding steroid dienone is 1. The molecule has 0 fully saturated rings. The molecule has 0 unspecified atom stereocenters.